The van der Waals surface area contributed by atoms with Crippen LogP contribution in [0.1, 0.15) is 33.8 Å². The Balaban J connectivity index is 1.51. The molecule has 2 heterocycles. The molecule has 29 heavy (non-hydrogen) atoms. The van der Waals surface area contributed by atoms with Crippen molar-refractivity contribution in [3.05, 3.63) is 82.2 Å². The van der Waals surface area contributed by atoms with Crippen molar-refractivity contribution >= 4 is 23.2 Å². The molecule has 0 aliphatic heterocycles. The first-order chi connectivity index (χ1) is 14.1. The third-order valence-electron chi connectivity index (χ3n) is 4.85. The number of hydrogen-bond donors (Lipinski definition) is 0. The summed E-state index contributed by atoms with van der Waals surface area (Å²) in [5, 5.41) is 1.97. The summed E-state index contributed by atoms with van der Waals surface area (Å²) in [7, 11) is 0. The van der Waals surface area contributed by atoms with Crippen molar-refractivity contribution < 1.29 is 18.4 Å². The number of hydrogen-bond acceptors (Lipinski definition) is 4. The van der Waals surface area contributed by atoms with Crippen molar-refractivity contribution in [2.45, 2.75) is 32.0 Å². The van der Waals surface area contributed by atoms with Crippen LogP contribution in [0.4, 0.5) is 4.39 Å². The van der Waals surface area contributed by atoms with E-state index in [9.17, 15) is 14.0 Å². The van der Waals surface area contributed by atoms with Gasteiger partial charge in [0.15, 0.2) is 5.76 Å². The summed E-state index contributed by atoms with van der Waals surface area (Å²) in [4.78, 5) is 30.3. The maximum atomic E-state index is 13.2. The molecule has 1 aromatic carbocycles. The summed E-state index contributed by atoms with van der Waals surface area (Å²) in [6.45, 7) is 0.794. The molecule has 0 atom stereocenters. The summed E-state index contributed by atoms with van der Waals surface area (Å²) in [5.74, 6) is -0.472. The highest BCUT2D eigenvalue weighted by atomic mass is 32.1. The Hall–Kier alpha value is -2.93. The number of nitrogens with zero attached hydrogens (tertiary/aromatic N) is 2. The number of benzene rings is 1. The van der Waals surface area contributed by atoms with E-state index in [1.807, 2.05) is 17.5 Å². The van der Waals surface area contributed by atoms with Gasteiger partial charge in [-0.15, -0.1) is 11.3 Å². The van der Waals surface area contributed by atoms with Crippen LogP contribution >= 0.6 is 11.3 Å². The van der Waals surface area contributed by atoms with Gasteiger partial charge >= 0.3 is 0 Å². The van der Waals surface area contributed by atoms with Gasteiger partial charge in [0.05, 0.1) is 12.8 Å². The SMILES string of the molecule is O=C(CN(C(=O)c1ccco1)C1CC1)N(Cc1ccc(F)cc1)Cc1cccs1. The van der Waals surface area contributed by atoms with Crippen molar-refractivity contribution in [1.82, 2.24) is 9.80 Å². The fraction of sp³-hybridized carbons (Fsp3) is 0.273. The summed E-state index contributed by atoms with van der Waals surface area (Å²) in [6, 6.07) is 13.4. The molecule has 0 unspecified atom stereocenters. The van der Waals surface area contributed by atoms with Gasteiger partial charge in [-0.3, -0.25) is 9.59 Å². The largest absolute Gasteiger partial charge is 0.459 e. The number of carbonyl (C=O) groups is 2. The molecular formula is C22H21FN2O3S. The molecule has 2 amide bonds. The third kappa shape index (κ3) is 4.92. The standard InChI is InChI=1S/C22H21FN2O3S/c23-17-7-5-16(6-8-17)13-24(14-19-3-2-12-29-19)21(26)15-25(18-9-10-18)22(27)20-4-1-11-28-20/h1-8,11-12,18H,9-10,13-15H2. The number of carbonyl (C=O) groups excluding carboxylic acids is 2. The first-order valence-corrected chi connectivity index (χ1v) is 10.4. The van der Waals surface area contributed by atoms with Crippen molar-refractivity contribution in [2.24, 2.45) is 0 Å². The van der Waals surface area contributed by atoms with Crippen molar-refractivity contribution in [3.63, 3.8) is 0 Å². The highest BCUT2D eigenvalue weighted by Gasteiger charge is 2.36. The first kappa shape index (κ1) is 19.4. The Labute approximate surface area is 172 Å². The van der Waals surface area contributed by atoms with Gasteiger partial charge in [0.1, 0.15) is 12.4 Å². The lowest BCUT2D eigenvalue weighted by atomic mass is 10.2. The Morgan fingerprint density at radius 3 is 2.48 bits per heavy atom. The molecule has 4 rings (SSSR count). The molecule has 0 saturated heterocycles. The average molecular weight is 412 g/mol. The molecule has 2 aromatic heterocycles. The van der Waals surface area contributed by atoms with E-state index in [1.165, 1.54) is 18.4 Å². The van der Waals surface area contributed by atoms with Gasteiger partial charge in [0.2, 0.25) is 5.91 Å². The lowest BCUT2D eigenvalue weighted by molar-refractivity contribution is -0.133. The van der Waals surface area contributed by atoms with E-state index in [0.717, 1.165) is 23.3 Å². The smallest absolute Gasteiger partial charge is 0.290 e. The molecule has 150 valence electrons. The van der Waals surface area contributed by atoms with Crippen LogP contribution in [0.15, 0.2) is 64.6 Å². The molecule has 0 N–H and O–H groups in total. The molecule has 0 radical (unpaired) electrons. The third-order valence-corrected chi connectivity index (χ3v) is 5.71. The number of halogens is 1. The van der Waals surface area contributed by atoms with Crippen molar-refractivity contribution in [1.29, 1.82) is 0 Å². The molecule has 1 saturated carbocycles. The summed E-state index contributed by atoms with van der Waals surface area (Å²) in [5.41, 5.74) is 0.839. The van der Waals surface area contributed by atoms with E-state index in [4.69, 9.17) is 4.42 Å². The maximum Gasteiger partial charge on any atom is 0.290 e. The molecule has 0 spiro atoms. The minimum absolute atomic E-state index is 0.00320. The van der Waals surface area contributed by atoms with E-state index >= 15 is 0 Å². The second-order valence-electron chi connectivity index (χ2n) is 7.10. The normalized spacial score (nSPS) is 13.3. The van der Waals surface area contributed by atoms with Crippen LogP contribution in [0.2, 0.25) is 0 Å². The van der Waals surface area contributed by atoms with Gasteiger partial charge in [-0.1, -0.05) is 18.2 Å². The van der Waals surface area contributed by atoms with Crippen LogP contribution in [0.5, 0.6) is 0 Å². The zero-order valence-electron chi connectivity index (χ0n) is 15.8. The maximum absolute atomic E-state index is 13.2. The molecule has 1 aliphatic carbocycles. The minimum Gasteiger partial charge on any atom is -0.459 e. The quantitative estimate of drug-likeness (QED) is 0.554. The number of amides is 2. The van der Waals surface area contributed by atoms with Gasteiger partial charge in [-0.25, -0.2) is 4.39 Å². The Bertz CT molecular complexity index is 951. The molecule has 0 bridgehead atoms. The number of thiophene rings is 1. The fourth-order valence-corrected chi connectivity index (χ4v) is 3.89. The minimum atomic E-state index is -0.311. The molecule has 5 nitrogen and oxygen atoms in total. The van der Waals surface area contributed by atoms with Gasteiger partial charge in [-0.2, -0.15) is 0 Å². The lowest BCUT2D eigenvalue weighted by Gasteiger charge is -2.27. The lowest BCUT2D eigenvalue weighted by Crippen LogP contribution is -2.43. The summed E-state index contributed by atoms with van der Waals surface area (Å²) in [6.07, 6.45) is 3.24. The van der Waals surface area contributed by atoms with Crippen molar-refractivity contribution in [3.8, 4) is 0 Å². The monoisotopic (exact) mass is 412 g/mol. The fourth-order valence-electron chi connectivity index (χ4n) is 3.17. The highest BCUT2D eigenvalue weighted by molar-refractivity contribution is 7.09. The highest BCUT2D eigenvalue weighted by Crippen LogP contribution is 2.28. The van der Waals surface area contributed by atoms with Gasteiger partial charge in [0.25, 0.3) is 5.91 Å². The van der Waals surface area contributed by atoms with Crippen LogP contribution in [0.3, 0.4) is 0 Å². The van der Waals surface area contributed by atoms with Crippen LogP contribution in [0, 0.1) is 5.82 Å². The van der Waals surface area contributed by atoms with Gasteiger partial charge in [0, 0.05) is 17.5 Å². The topological polar surface area (TPSA) is 53.8 Å². The molecule has 1 fully saturated rings. The van der Waals surface area contributed by atoms with Crippen LogP contribution in [-0.2, 0) is 17.9 Å². The number of rotatable bonds is 8. The van der Waals surface area contributed by atoms with Crippen LogP contribution in [-0.4, -0.2) is 34.2 Å². The zero-order valence-corrected chi connectivity index (χ0v) is 16.6. The van der Waals surface area contributed by atoms with E-state index in [2.05, 4.69) is 0 Å². The Morgan fingerprint density at radius 2 is 1.86 bits per heavy atom. The second-order valence-corrected chi connectivity index (χ2v) is 8.13. The van der Waals surface area contributed by atoms with Crippen molar-refractivity contribution in [2.75, 3.05) is 6.54 Å². The summed E-state index contributed by atoms with van der Waals surface area (Å²) < 4.78 is 18.5. The first-order valence-electron chi connectivity index (χ1n) is 9.49. The van der Waals surface area contributed by atoms with Crippen LogP contribution < -0.4 is 0 Å². The zero-order chi connectivity index (χ0) is 20.2. The molecule has 1 aliphatic rings. The second kappa shape index (κ2) is 8.61. The molecule has 3 aromatic rings. The van der Waals surface area contributed by atoms with Crippen LogP contribution in [0.25, 0.3) is 0 Å². The molecular weight excluding hydrogens is 391 g/mol. The van der Waals surface area contributed by atoms with E-state index in [0.29, 0.717) is 13.1 Å². The Morgan fingerprint density at radius 1 is 1.07 bits per heavy atom. The summed E-state index contributed by atoms with van der Waals surface area (Å²) >= 11 is 1.57. The van der Waals surface area contributed by atoms with Gasteiger partial charge in [-0.05, 0) is 54.1 Å². The van der Waals surface area contributed by atoms with E-state index < -0.39 is 0 Å². The van der Waals surface area contributed by atoms with E-state index in [1.54, 1.807) is 45.4 Å². The predicted molar refractivity (Wildman–Crippen MR) is 108 cm³/mol. The predicted octanol–water partition coefficient (Wildman–Crippen LogP) is 4.31. The molecule has 7 heteroatoms. The van der Waals surface area contributed by atoms with E-state index in [-0.39, 0.29) is 36.0 Å². The van der Waals surface area contributed by atoms with Gasteiger partial charge < -0.3 is 14.2 Å². The Kier molecular flexibility index (Phi) is 5.76. The average Bonchev–Trinajstić information content (AvgIpc) is 3.18. The number of furan rings is 1.